The third-order valence-electron chi connectivity index (χ3n) is 3.18. The molecule has 1 saturated carbocycles. The molecule has 78 valence electrons. The molecule has 0 aliphatic heterocycles. The van der Waals surface area contributed by atoms with Gasteiger partial charge in [0.05, 0.1) is 6.61 Å². The van der Waals surface area contributed by atoms with E-state index in [0.717, 1.165) is 11.8 Å². The van der Waals surface area contributed by atoms with E-state index in [0.29, 0.717) is 12.5 Å². The van der Waals surface area contributed by atoms with Gasteiger partial charge in [-0.05, 0) is 37.0 Å². The maximum atomic E-state index is 6.06. The Morgan fingerprint density at radius 1 is 1.23 bits per heavy atom. The Kier molecular flexibility index (Phi) is 4.20. The second-order valence-electron chi connectivity index (χ2n) is 4.80. The van der Waals surface area contributed by atoms with E-state index in [4.69, 9.17) is 10.5 Å². The van der Waals surface area contributed by atoms with Crippen LogP contribution in [0.3, 0.4) is 0 Å². The summed E-state index contributed by atoms with van der Waals surface area (Å²) in [5.41, 5.74) is 6.06. The van der Waals surface area contributed by atoms with Crippen LogP contribution in [0.1, 0.15) is 33.1 Å². The number of hydrogen-bond acceptors (Lipinski definition) is 2. The van der Waals surface area contributed by atoms with Gasteiger partial charge in [0.15, 0.2) is 0 Å². The van der Waals surface area contributed by atoms with Gasteiger partial charge in [0.2, 0.25) is 0 Å². The molecule has 0 spiro atoms. The van der Waals surface area contributed by atoms with Gasteiger partial charge in [-0.1, -0.05) is 13.8 Å². The summed E-state index contributed by atoms with van der Waals surface area (Å²) in [6.45, 7) is 5.38. The molecule has 2 nitrogen and oxygen atoms in total. The van der Waals surface area contributed by atoms with E-state index < -0.39 is 0 Å². The Morgan fingerprint density at radius 2 is 1.77 bits per heavy atom. The first-order valence-corrected chi connectivity index (χ1v) is 5.38. The van der Waals surface area contributed by atoms with Crippen LogP contribution in [-0.2, 0) is 4.74 Å². The van der Waals surface area contributed by atoms with Crippen LogP contribution < -0.4 is 5.73 Å². The zero-order valence-electron chi connectivity index (χ0n) is 9.12. The van der Waals surface area contributed by atoms with E-state index in [1.807, 2.05) is 0 Å². The van der Waals surface area contributed by atoms with E-state index in [1.54, 1.807) is 7.11 Å². The molecule has 0 aromatic rings. The third-order valence-corrected chi connectivity index (χ3v) is 3.18. The molecule has 1 fully saturated rings. The summed E-state index contributed by atoms with van der Waals surface area (Å²) in [5, 5.41) is 0. The number of hydrogen-bond donors (Lipinski definition) is 1. The molecule has 3 unspecified atom stereocenters. The molecule has 0 radical (unpaired) electrons. The van der Waals surface area contributed by atoms with Gasteiger partial charge in [-0.15, -0.1) is 0 Å². The molecule has 2 heteroatoms. The first-order valence-electron chi connectivity index (χ1n) is 5.38. The van der Waals surface area contributed by atoms with E-state index in [-0.39, 0.29) is 6.04 Å². The largest absolute Gasteiger partial charge is 0.383 e. The van der Waals surface area contributed by atoms with Crippen molar-refractivity contribution in [2.45, 2.75) is 39.2 Å². The van der Waals surface area contributed by atoms with Gasteiger partial charge in [0.25, 0.3) is 0 Å². The van der Waals surface area contributed by atoms with E-state index >= 15 is 0 Å². The maximum Gasteiger partial charge on any atom is 0.0616 e. The summed E-state index contributed by atoms with van der Waals surface area (Å²) in [6, 6.07) is 0.246. The van der Waals surface area contributed by atoms with Crippen molar-refractivity contribution in [2.75, 3.05) is 13.7 Å². The van der Waals surface area contributed by atoms with Crippen LogP contribution in [-0.4, -0.2) is 19.8 Å². The topological polar surface area (TPSA) is 35.2 Å². The fraction of sp³-hybridized carbons (Fsp3) is 1.00. The van der Waals surface area contributed by atoms with Crippen molar-refractivity contribution in [3.05, 3.63) is 0 Å². The molecule has 3 atom stereocenters. The molecule has 0 bridgehead atoms. The lowest BCUT2D eigenvalue weighted by Gasteiger charge is -2.34. The van der Waals surface area contributed by atoms with Crippen LogP contribution in [0.5, 0.6) is 0 Å². The minimum atomic E-state index is 0.246. The molecule has 2 N–H and O–H groups in total. The Bertz CT molecular complexity index is 139. The minimum absolute atomic E-state index is 0.246. The van der Waals surface area contributed by atoms with Crippen molar-refractivity contribution in [3.63, 3.8) is 0 Å². The molecule has 1 aliphatic carbocycles. The zero-order valence-corrected chi connectivity index (χ0v) is 9.12. The van der Waals surface area contributed by atoms with Crippen molar-refractivity contribution in [3.8, 4) is 0 Å². The fourth-order valence-corrected chi connectivity index (χ4v) is 2.69. The van der Waals surface area contributed by atoms with E-state index in [9.17, 15) is 0 Å². The fourth-order valence-electron chi connectivity index (χ4n) is 2.69. The third kappa shape index (κ3) is 3.28. The van der Waals surface area contributed by atoms with Crippen LogP contribution in [0, 0.1) is 17.8 Å². The van der Waals surface area contributed by atoms with Gasteiger partial charge >= 0.3 is 0 Å². The number of ether oxygens (including phenoxy) is 1. The predicted octanol–water partition coefficient (Wildman–Crippen LogP) is 2.03. The number of nitrogens with two attached hydrogens (primary N) is 1. The highest BCUT2D eigenvalue weighted by molar-refractivity contribution is 4.81. The van der Waals surface area contributed by atoms with Crippen molar-refractivity contribution in [1.29, 1.82) is 0 Å². The molecular weight excluding hydrogens is 162 g/mol. The zero-order chi connectivity index (χ0) is 9.84. The summed E-state index contributed by atoms with van der Waals surface area (Å²) in [5.74, 6) is 2.37. The lowest BCUT2D eigenvalue weighted by molar-refractivity contribution is 0.118. The monoisotopic (exact) mass is 185 g/mol. The number of rotatable bonds is 3. The van der Waals surface area contributed by atoms with Gasteiger partial charge in [0.1, 0.15) is 0 Å². The predicted molar refractivity (Wildman–Crippen MR) is 55.5 cm³/mol. The van der Waals surface area contributed by atoms with Gasteiger partial charge in [-0.25, -0.2) is 0 Å². The van der Waals surface area contributed by atoms with Crippen molar-refractivity contribution in [2.24, 2.45) is 23.5 Å². The van der Waals surface area contributed by atoms with Crippen LogP contribution >= 0.6 is 0 Å². The van der Waals surface area contributed by atoms with Gasteiger partial charge in [-0.3, -0.25) is 0 Å². The quantitative estimate of drug-likeness (QED) is 0.730. The smallest absolute Gasteiger partial charge is 0.0616 e. The minimum Gasteiger partial charge on any atom is -0.383 e. The normalized spacial score (nSPS) is 37.4. The average molecular weight is 185 g/mol. The van der Waals surface area contributed by atoms with E-state index in [1.165, 1.54) is 19.3 Å². The Balaban J connectivity index is 2.40. The van der Waals surface area contributed by atoms with Crippen molar-refractivity contribution in [1.82, 2.24) is 0 Å². The molecule has 0 saturated heterocycles. The van der Waals surface area contributed by atoms with Crippen LogP contribution in [0.25, 0.3) is 0 Å². The van der Waals surface area contributed by atoms with Gasteiger partial charge < -0.3 is 10.5 Å². The second kappa shape index (κ2) is 4.97. The SMILES string of the molecule is COCC(N)C1CC(C)CC(C)C1. The van der Waals surface area contributed by atoms with Gasteiger partial charge in [-0.2, -0.15) is 0 Å². The Hall–Kier alpha value is -0.0800. The summed E-state index contributed by atoms with van der Waals surface area (Å²) < 4.78 is 5.10. The van der Waals surface area contributed by atoms with E-state index in [2.05, 4.69) is 13.8 Å². The van der Waals surface area contributed by atoms with Gasteiger partial charge in [0, 0.05) is 13.2 Å². The standard InChI is InChI=1S/C11H23NO/c1-8-4-9(2)6-10(5-8)11(12)7-13-3/h8-11H,4-7,12H2,1-3H3. The Morgan fingerprint density at radius 3 is 2.23 bits per heavy atom. The molecule has 13 heavy (non-hydrogen) atoms. The molecular formula is C11H23NO. The Labute approximate surface area is 81.8 Å². The summed E-state index contributed by atoms with van der Waals surface area (Å²) in [6.07, 6.45) is 3.94. The number of methoxy groups -OCH3 is 1. The highest BCUT2D eigenvalue weighted by atomic mass is 16.5. The van der Waals surface area contributed by atoms with Crippen molar-refractivity contribution < 1.29 is 4.74 Å². The molecule has 0 aromatic carbocycles. The van der Waals surface area contributed by atoms with Crippen LogP contribution in [0.2, 0.25) is 0 Å². The molecule has 1 rings (SSSR count). The first-order chi connectivity index (χ1) is 6.13. The maximum absolute atomic E-state index is 6.06. The average Bonchev–Trinajstić information content (AvgIpc) is 2.03. The molecule has 0 amide bonds. The summed E-state index contributed by atoms with van der Waals surface area (Å²) in [4.78, 5) is 0. The van der Waals surface area contributed by atoms with Crippen molar-refractivity contribution >= 4 is 0 Å². The summed E-state index contributed by atoms with van der Waals surface area (Å²) in [7, 11) is 1.73. The lowest BCUT2D eigenvalue weighted by atomic mass is 9.74. The molecule has 0 heterocycles. The van der Waals surface area contributed by atoms with Crippen LogP contribution in [0.4, 0.5) is 0 Å². The lowest BCUT2D eigenvalue weighted by Crippen LogP contribution is -2.38. The molecule has 1 aliphatic rings. The molecule has 0 aromatic heterocycles. The highest BCUT2D eigenvalue weighted by Gasteiger charge is 2.27. The highest BCUT2D eigenvalue weighted by Crippen LogP contribution is 2.34. The first kappa shape index (κ1) is 11.0. The second-order valence-corrected chi connectivity index (χ2v) is 4.80. The summed E-state index contributed by atoms with van der Waals surface area (Å²) >= 11 is 0. The van der Waals surface area contributed by atoms with Crippen LogP contribution in [0.15, 0.2) is 0 Å².